The first kappa shape index (κ1) is 15.5. The summed E-state index contributed by atoms with van der Waals surface area (Å²) in [6.07, 6.45) is 4.67. The summed E-state index contributed by atoms with van der Waals surface area (Å²) >= 11 is 0. The quantitative estimate of drug-likeness (QED) is 0.736. The van der Waals surface area contributed by atoms with Crippen LogP contribution in [0.25, 0.3) is 11.0 Å². The lowest BCUT2D eigenvalue weighted by Crippen LogP contribution is -2.21. The van der Waals surface area contributed by atoms with Gasteiger partial charge in [0.25, 0.3) is 0 Å². The van der Waals surface area contributed by atoms with Gasteiger partial charge < -0.3 is 9.32 Å². The fourth-order valence-corrected chi connectivity index (χ4v) is 2.72. The number of nitrogens with one attached hydrogen (secondary N) is 1. The van der Waals surface area contributed by atoms with Gasteiger partial charge in [-0.15, -0.1) is 0 Å². The lowest BCUT2D eigenvalue weighted by atomic mass is 10.0. The monoisotopic (exact) mass is 311 g/mol. The molecule has 0 spiro atoms. The van der Waals surface area contributed by atoms with E-state index in [-0.39, 0.29) is 5.63 Å². The molecule has 120 valence electrons. The summed E-state index contributed by atoms with van der Waals surface area (Å²) in [7, 11) is 2.06. The van der Waals surface area contributed by atoms with E-state index in [0.29, 0.717) is 12.1 Å². The van der Waals surface area contributed by atoms with Crippen LogP contribution in [0.2, 0.25) is 0 Å². The number of aromatic nitrogens is 2. The van der Waals surface area contributed by atoms with Crippen LogP contribution in [0.4, 0.5) is 0 Å². The molecule has 23 heavy (non-hydrogen) atoms. The molecule has 0 amide bonds. The van der Waals surface area contributed by atoms with Gasteiger partial charge in [-0.05, 0) is 61.7 Å². The van der Waals surface area contributed by atoms with Crippen molar-refractivity contribution in [3.05, 3.63) is 63.3 Å². The van der Waals surface area contributed by atoms with Crippen LogP contribution in [0.3, 0.4) is 0 Å². The molecule has 0 aliphatic rings. The number of rotatable bonds is 5. The summed E-state index contributed by atoms with van der Waals surface area (Å²) in [6, 6.07) is 5.65. The van der Waals surface area contributed by atoms with E-state index >= 15 is 0 Å². The largest absolute Gasteiger partial charge is 0.423 e. The summed E-state index contributed by atoms with van der Waals surface area (Å²) in [6.45, 7) is 5.71. The number of likely N-dealkylation sites (N-methyl/N-ethyl adjacent to an activating group) is 1. The Kier molecular flexibility index (Phi) is 4.30. The van der Waals surface area contributed by atoms with Crippen LogP contribution in [0.15, 0.2) is 39.8 Å². The molecule has 2 heterocycles. The number of nitrogens with zero attached hydrogens (tertiary/aromatic N) is 2. The van der Waals surface area contributed by atoms with E-state index in [2.05, 4.69) is 35.1 Å². The minimum atomic E-state index is -0.293. The Morgan fingerprint density at radius 1 is 1.22 bits per heavy atom. The molecule has 0 aliphatic heterocycles. The number of aryl methyl sites for hydroxylation is 2. The second-order valence-electron chi connectivity index (χ2n) is 6.12. The fraction of sp³-hybridized carbons (Fsp3) is 0.333. The smallest absolute Gasteiger partial charge is 0.336 e. The van der Waals surface area contributed by atoms with Gasteiger partial charge in [0, 0.05) is 30.7 Å². The van der Waals surface area contributed by atoms with Gasteiger partial charge in [0.1, 0.15) is 5.58 Å². The Hall–Kier alpha value is -2.40. The number of aromatic amines is 1. The van der Waals surface area contributed by atoms with Gasteiger partial charge in [0.05, 0.1) is 6.20 Å². The summed E-state index contributed by atoms with van der Waals surface area (Å²) in [4.78, 5) is 14.0. The van der Waals surface area contributed by atoms with E-state index in [1.54, 1.807) is 6.07 Å². The van der Waals surface area contributed by atoms with Crippen LogP contribution in [-0.4, -0.2) is 28.7 Å². The van der Waals surface area contributed by atoms with Gasteiger partial charge in [-0.1, -0.05) is 0 Å². The van der Waals surface area contributed by atoms with Gasteiger partial charge in [-0.3, -0.25) is 5.10 Å². The van der Waals surface area contributed by atoms with Crippen molar-refractivity contribution >= 4 is 11.0 Å². The Labute approximate surface area is 134 Å². The van der Waals surface area contributed by atoms with Crippen LogP contribution in [0.1, 0.15) is 22.3 Å². The third-order valence-electron chi connectivity index (χ3n) is 4.22. The molecule has 0 radical (unpaired) electrons. The van der Waals surface area contributed by atoms with Gasteiger partial charge >= 0.3 is 5.63 Å². The Bertz CT molecular complexity index is 866. The molecular weight excluding hydrogens is 290 g/mol. The van der Waals surface area contributed by atoms with Crippen LogP contribution in [-0.2, 0) is 13.0 Å². The van der Waals surface area contributed by atoms with Crippen molar-refractivity contribution in [2.24, 2.45) is 0 Å². The molecule has 3 aromatic rings. The molecule has 5 nitrogen and oxygen atoms in total. The number of hydrogen-bond acceptors (Lipinski definition) is 4. The molecule has 0 fully saturated rings. The summed E-state index contributed by atoms with van der Waals surface area (Å²) in [5.74, 6) is 0. The van der Waals surface area contributed by atoms with Crippen molar-refractivity contribution in [3.63, 3.8) is 0 Å². The van der Waals surface area contributed by atoms with Gasteiger partial charge in [0.15, 0.2) is 0 Å². The molecular formula is C18H21N3O2. The fourth-order valence-electron chi connectivity index (χ4n) is 2.72. The summed E-state index contributed by atoms with van der Waals surface area (Å²) in [5.41, 5.74) is 4.90. The van der Waals surface area contributed by atoms with E-state index in [0.717, 1.165) is 29.5 Å². The maximum Gasteiger partial charge on any atom is 0.336 e. The molecule has 0 saturated heterocycles. The number of hydrogen-bond donors (Lipinski definition) is 1. The maximum absolute atomic E-state index is 11.8. The topological polar surface area (TPSA) is 62.1 Å². The predicted molar refractivity (Wildman–Crippen MR) is 90.6 cm³/mol. The zero-order valence-corrected chi connectivity index (χ0v) is 13.7. The van der Waals surface area contributed by atoms with Crippen LogP contribution < -0.4 is 5.63 Å². The minimum absolute atomic E-state index is 0.293. The second kappa shape index (κ2) is 6.38. The zero-order valence-electron chi connectivity index (χ0n) is 13.7. The lowest BCUT2D eigenvalue weighted by molar-refractivity contribution is 0.331. The maximum atomic E-state index is 11.8. The van der Waals surface area contributed by atoms with Crippen molar-refractivity contribution in [1.82, 2.24) is 15.1 Å². The molecule has 0 unspecified atom stereocenters. The zero-order chi connectivity index (χ0) is 16.4. The molecule has 1 N–H and O–H groups in total. The SMILES string of the molecule is Cc1cc2oc(=O)cc(CN(C)CCc3cn[nH]c3)c2cc1C. The highest BCUT2D eigenvalue weighted by atomic mass is 16.4. The van der Waals surface area contributed by atoms with E-state index in [1.165, 1.54) is 11.1 Å². The molecule has 0 atom stereocenters. The third-order valence-corrected chi connectivity index (χ3v) is 4.22. The van der Waals surface area contributed by atoms with E-state index in [9.17, 15) is 4.79 Å². The van der Waals surface area contributed by atoms with Crippen molar-refractivity contribution in [2.45, 2.75) is 26.8 Å². The minimum Gasteiger partial charge on any atom is -0.423 e. The van der Waals surface area contributed by atoms with Crippen molar-refractivity contribution in [2.75, 3.05) is 13.6 Å². The van der Waals surface area contributed by atoms with E-state index < -0.39 is 0 Å². The molecule has 2 aromatic heterocycles. The first-order chi connectivity index (χ1) is 11.0. The number of fused-ring (bicyclic) bond motifs is 1. The van der Waals surface area contributed by atoms with Crippen LogP contribution in [0.5, 0.6) is 0 Å². The van der Waals surface area contributed by atoms with Gasteiger partial charge in [0.2, 0.25) is 0 Å². The highest BCUT2D eigenvalue weighted by molar-refractivity contribution is 5.81. The standard InChI is InChI=1S/C18H21N3O2/c1-12-6-16-15(8-18(22)23-17(16)7-13(12)2)11-21(3)5-4-14-9-19-20-10-14/h6-10H,4-5,11H2,1-3H3,(H,19,20). The summed E-state index contributed by atoms with van der Waals surface area (Å²) < 4.78 is 5.35. The van der Waals surface area contributed by atoms with E-state index in [4.69, 9.17) is 4.42 Å². The van der Waals surface area contributed by atoms with Crippen molar-refractivity contribution in [3.8, 4) is 0 Å². The normalized spacial score (nSPS) is 11.5. The number of H-pyrrole nitrogens is 1. The average Bonchev–Trinajstić information content (AvgIpc) is 3.00. The van der Waals surface area contributed by atoms with E-state index in [1.807, 2.05) is 25.4 Å². The Balaban J connectivity index is 1.84. The molecule has 5 heteroatoms. The first-order valence-corrected chi connectivity index (χ1v) is 7.73. The van der Waals surface area contributed by atoms with Crippen LogP contribution in [0, 0.1) is 13.8 Å². The average molecular weight is 311 g/mol. The van der Waals surface area contributed by atoms with Crippen molar-refractivity contribution in [1.29, 1.82) is 0 Å². The van der Waals surface area contributed by atoms with Gasteiger partial charge in [-0.25, -0.2) is 4.79 Å². The molecule has 0 bridgehead atoms. The third kappa shape index (κ3) is 3.51. The number of benzene rings is 1. The van der Waals surface area contributed by atoms with Crippen molar-refractivity contribution < 1.29 is 4.42 Å². The first-order valence-electron chi connectivity index (χ1n) is 7.73. The van der Waals surface area contributed by atoms with Gasteiger partial charge in [-0.2, -0.15) is 5.10 Å². The Morgan fingerprint density at radius 3 is 2.74 bits per heavy atom. The summed E-state index contributed by atoms with van der Waals surface area (Å²) in [5, 5.41) is 7.80. The molecule has 3 rings (SSSR count). The highest BCUT2D eigenvalue weighted by Gasteiger charge is 2.10. The second-order valence-corrected chi connectivity index (χ2v) is 6.12. The molecule has 0 saturated carbocycles. The molecule has 1 aromatic carbocycles. The Morgan fingerprint density at radius 2 is 2.00 bits per heavy atom. The van der Waals surface area contributed by atoms with Crippen LogP contribution >= 0.6 is 0 Å². The highest BCUT2D eigenvalue weighted by Crippen LogP contribution is 2.22. The predicted octanol–water partition coefficient (Wildman–Crippen LogP) is 2.81. The lowest BCUT2D eigenvalue weighted by Gasteiger charge is -2.17. The molecule has 0 aliphatic carbocycles.